The van der Waals surface area contributed by atoms with Crippen LogP contribution >= 0.6 is 0 Å². The molecule has 1 aromatic heterocycles. The van der Waals surface area contributed by atoms with Gasteiger partial charge in [-0.25, -0.2) is 14.8 Å². The fourth-order valence-corrected chi connectivity index (χ4v) is 5.47. The van der Waals surface area contributed by atoms with Gasteiger partial charge in [0.25, 0.3) is 0 Å². The topological polar surface area (TPSA) is 91.9 Å². The molecule has 9 heteroatoms. The van der Waals surface area contributed by atoms with E-state index in [1.54, 1.807) is 6.33 Å². The van der Waals surface area contributed by atoms with E-state index in [0.29, 0.717) is 6.54 Å². The van der Waals surface area contributed by atoms with Crippen molar-refractivity contribution in [3.05, 3.63) is 30.1 Å². The van der Waals surface area contributed by atoms with Crippen molar-refractivity contribution in [2.45, 2.75) is 64.2 Å². The second-order valence-electron chi connectivity index (χ2n) is 9.89. The van der Waals surface area contributed by atoms with Crippen LogP contribution in [0.4, 0.5) is 22.1 Å². The molecule has 0 unspecified atom stereocenters. The summed E-state index contributed by atoms with van der Waals surface area (Å²) in [5.74, 6) is 3.38. The SMILES string of the molecule is CCCCC[C@@H](CNC(=O)Nc1c(N2CCCC2)ncnc1N1CCCC1)c1cccc2c1OCO2. The average molecular weight is 495 g/mol. The number of nitrogens with one attached hydrogen (secondary N) is 2. The van der Waals surface area contributed by atoms with Crippen LogP contribution in [0, 0.1) is 0 Å². The van der Waals surface area contributed by atoms with Crippen LogP contribution in [-0.2, 0) is 0 Å². The average Bonchev–Trinajstić information content (AvgIpc) is 3.69. The molecule has 0 radical (unpaired) electrons. The van der Waals surface area contributed by atoms with Crippen LogP contribution in [-0.4, -0.2) is 55.5 Å². The fourth-order valence-electron chi connectivity index (χ4n) is 5.47. The number of benzene rings is 1. The zero-order chi connectivity index (χ0) is 24.7. The molecule has 5 rings (SSSR count). The molecule has 9 nitrogen and oxygen atoms in total. The fraction of sp³-hybridized carbons (Fsp3) is 0.593. The summed E-state index contributed by atoms with van der Waals surface area (Å²) in [4.78, 5) is 27.0. The van der Waals surface area contributed by atoms with Gasteiger partial charge in [-0.05, 0) is 38.2 Å². The zero-order valence-electron chi connectivity index (χ0n) is 21.3. The molecule has 0 aliphatic carbocycles. The lowest BCUT2D eigenvalue weighted by Crippen LogP contribution is -2.34. The van der Waals surface area contributed by atoms with Crippen LogP contribution in [0.25, 0.3) is 0 Å². The van der Waals surface area contributed by atoms with Gasteiger partial charge in [-0.3, -0.25) is 0 Å². The van der Waals surface area contributed by atoms with Crippen molar-refractivity contribution in [3.8, 4) is 11.5 Å². The molecule has 0 spiro atoms. The molecular formula is C27H38N6O3. The van der Waals surface area contributed by atoms with Gasteiger partial charge < -0.3 is 29.9 Å². The third-order valence-corrected chi connectivity index (χ3v) is 7.39. The van der Waals surface area contributed by atoms with Crippen LogP contribution in [0.5, 0.6) is 11.5 Å². The summed E-state index contributed by atoms with van der Waals surface area (Å²) >= 11 is 0. The maximum Gasteiger partial charge on any atom is 0.319 e. The van der Waals surface area contributed by atoms with E-state index < -0.39 is 0 Å². The van der Waals surface area contributed by atoms with E-state index in [-0.39, 0.29) is 18.7 Å². The van der Waals surface area contributed by atoms with Gasteiger partial charge in [-0.1, -0.05) is 38.3 Å². The summed E-state index contributed by atoms with van der Waals surface area (Å²) in [6.07, 6.45) is 10.6. The number of unbranched alkanes of at least 4 members (excludes halogenated alkanes) is 2. The lowest BCUT2D eigenvalue weighted by atomic mass is 9.92. The molecule has 1 atom stereocenters. The van der Waals surface area contributed by atoms with E-state index in [1.807, 2.05) is 12.1 Å². The number of carbonyl (C=O) groups is 1. The number of hydrogen-bond donors (Lipinski definition) is 2. The third-order valence-electron chi connectivity index (χ3n) is 7.39. The molecule has 2 aromatic rings. The number of aromatic nitrogens is 2. The monoisotopic (exact) mass is 494 g/mol. The molecule has 0 bridgehead atoms. The van der Waals surface area contributed by atoms with Gasteiger partial charge in [0.2, 0.25) is 6.79 Å². The van der Waals surface area contributed by atoms with Crippen molar-refractivity contribution < 1.29 is 14.3 Å². The first kappa shape index (κ1) is 24.5. The van der Waals surface area contributed by atoms with Crippen molar-refractivity contribution in [1.82, 2.24) is 15.3 Å². The first-order valence-electron chi connectivity index (χ1n) is 13.5. The van der Waals surface area contributed by atoms with E-state index in [1.165, 1.54) is 0 Å². The second-order valence-corrected chi connectivity index (χ2v) is 9.89. The lowest BCUT2D eigenvalue weighted by molar-refractivity contribution is 0.173. The summed E-state index contributed by atoms with van der Waals surface area (Å²) in [7, 11) is 0. The van der Waals surface area contributed by atoms with E-state index in [4.69, 9.17) is 9.47 Å². The Labute approximate surface area is 213 Å². The highest BCUT2D eigenvalue weighted by Gasteiger charge is 2.27. The second kappa shape index (κ2) is 11.7. The van der Waals surface area contributed by atoms with Gasteiger partial charge in [-0.15, -0.1) is 0 Å². The first-order valence-corrected chi connectivity index (χ1v) is 13.5. The van der Waals surface area contributed by atoms with Crippen molar-refractivity contribution >= 4 is 23.4 Å². The Morgan fingerprint density at radius 1 is 1.00 bits per heavy atom. The normalized spacial score (nSPS) is 17.5. The van der Waals surface area contributed by atoms with Crippen LogP contribution in [0.2, 0.25) is 0 Å². The van der Waals surface area contributed by atoms with Crippen molar-refractivity contribution in [3.63, 3.8) is 0 Å². The largest absolute Gasteiger partial charge is 0.454 e. The number of anilines is 3. The molecule has 2 fully saturated rings. The van der Waals surface area contributed by atoms with Gasteiger partial charge >= 0.3 is 6.03 Å². The van der Waals surface area contributed by atoms with Gasteiger partial charge in [0, 0.05) is 44.2 Å². The zero-order valence-corrected chi connectivity index (χ0v) is 21.3. The van der Waals surface area contributed by atoms with E-state index >= 15 is 0 Å². The number of fused-ring (bicyclic) bond motifs is 1. The Morgan fingerprint density at radius 3 is 2.36 bits per heavy atom. The quantitative estimate of drug-likeness (QED) is 0.454. The maximum atomic E-state index is 13.3. The molecule has 2 saturated heterocycles. The standard InChI is InChI=1S/C27H38N6O3/c1-2-3-4-10-20(21-11-9-12-22-24(21)36-19-35-22)17-28-27(34)31-23-25(32-13-5-6-14-32)29-18-30-26(23)33-15-7-8-16-33/h9,11-12,18,20H,2-8,10,13-17,19H2,1H3,(H2,28,31,34)/t20-/m0/s1. The Hall–Kier alpha value is -3.23. The molecule has 2 amide bonds. The molecule has 4 heterocycles. The Bertz CT molecular complexity index is 1000. The summed E-state index contributed by atoms with van der Waals surface area (Å²) in [6, 6.07) is 5.80. The molecule has 1 aromatic carbocycles. The highest BCUT2D eigenvalue weighted by atomic mass is 16.7. The van der Waals surface area contributed by atoms with E-state index in [9.17, 15) is 4.79 Å². The number of nitrogens with zero attached hydrogens (tertiary/aromatic N) is 4. The van der Waals surface area contributed by atoms with Crippen LogP contribution in [0.15, 0.2) is 24.5 Å². The van der Waals surface area contributed by atoms with Crippen LogP contribution in [0.3, 0.4) is 0 Å². The molecule has 194 valence electrons. The number of ether oxygens (including phenoxy) is 2. The van der Waals surface area contributed by atoms with Gasteiger partial charge in [0.1, 0.15) is 12.0 Å². The Morgan fingerprint density at radius 2 is 1.69 bits per heavy atom. The number of hydrogen-bond acceptors (Lipinski definition) is 7. The Balaban J connectivity index is 1.32. The van der Waals surface area contributed by atoms with Crippen LogP contribution < -0.4 is 29.9 Å². The molecule has 3 aliphatic heterocycles. The van der Waals surface area contributed by atoms with Gasteiger partial charge in [0.05, 0.1) is 0 Å². The van der Waals surface area contributed by atoms with Crippen molar-refractivity contribution in [2.75, 3.05) is 54.6 Å². The minimum atomic E-state index is -0.226. The molecule has 0 saturated carbocycles. The summed E-state index contributed by atoms with van der Waals surface area (Å²) in [5, 5.41) is 6.29. The van der Waals surface area contributed by atoms with E-state index in [0.717, 1.165) is 112 Å². The van der Waals surface area contributed by atoms with E-state index in [2.05, 4.69) is 43.4 Å². The summed E-state index contributed by atoms with van der Waals surface area (Å²) < 4.78 is 11.4. The number of para-hydroxylation sites is 1. The number of carbonyl (C=O) groups excluding carboxylic acids is 1. The predicted molar refractivity (Wildman–Crippen MR) is 141 cm³/mol. The predicted octanol–water partition coefficient (Wildman–Crippen LogP) is 4.89. The highest BCUT2D eigenvalue weighted by Crippen LogP contribution is 2.40. The molecule has 3 aliphatic rings. The summed E-state index contributed by atoms with van der Waals surface area (Å²) in [6.45, 7) is 6.77. The molecular weight excluding hydrogens is 456 g/mol. The smallest absolute Gasteiger partial charge is 0.319 e. The van der Waals surface area contributed by atoms with Crippen molar-refractivity contribution in [1.29, 1.82) is 0 Å². The molecule has 36 heavy (non-hydrogen) atoms. The van der Waals surface area contributed by atoms with Crippen molar-refractivity contribution in [2.24, 2.45) is 0 Å². The minimum Gasteiger partial charge on any atom is -0.454 e. The lowest BCUT2D eigenvalue weighted by Gasteiger charge is -2.26. The Kier molecular flexibility index (Phi) is 7.93. The van der Waals surface area contributed by atoms with Gasteiger partial charge in [-0.2, -0.15) is 0 Å². The number of rotatable bonds is 10. The molecule has 2 N–H and O–H groups in total. The number of urea groups is 1. The third kappa shape index (κ3) is 5.44. The minimum absolute atomic E-state index is 0.141. The first-order chi connectivity index (χ1) is 17.7. The van der Waals surface area contributed by atoms with Gasteiger partial charge in [0.15, 0.2) is 23.1 Å². The maximum absolute atomic E-state index is 13.3. The summed E-state index contributed by atoms with van der Waals surface area (Å²) in [5.41, 5.74) is 1.82. The number of amides is 2. The van der Waals surface area contributed by atoms with Crippen LogP contribution in [0.1, 0.15) is 69.8 Å². The highest BCUT2D eigenvalue weighted by molar-refractivity contribution is 5.96.